The fourth-order valence-electron chi connectivity index (χ4n) is 2.23. The van der Waals surface area contributed by atoms with E-state index in [0.717, 1.165) is 0 Å². The van der Waals surface area contributed by atoms with Gasteiger partial charge in [0.05, 0.1) is 12.7 Å². The topological polar surface area (TPSA) is 71.1 Å². The van der Waals surface area contributed by atoms with Crippen molar-refractivity contribution in [1.82, 2.24) is 0 Å². The molecule has 0 saturated carbocycles. The number of esters is 2. The van der Waals surface area contributed by atoms with Crippen molar-refractivity contribution < 1.29 is 28.5 Å². The Morgan fingerprint density at radius 2 is 2.00 bits per heavy atom. The van der Waals surface area contributed by atoms with E-state index >= 15 is 0 Å². The minimum absolute atomic E-state index is 0.288. The predicted molar refractivity (Wildman–Crippen MR) is 75.4 cm³/mol. The van der Waals surface area contributed by atoms with Crippen LogP contribution in [0.5, 0.6) is 0 Å². The van der Waals surface area contributed by atoms with Crippen LogP contribution in [0, 0.1) is 0 Å². The molecule has 0 aromatic rings. The molecule has 1 heterocycles. The summed E-state index contributed by atoms with van der Waals surface area (Å²) in [6.07, 6.45) is 2.48. The van der Waals surface area contributed by atoms with E-state index in [2.05, 4.69) is 0 Å². The van der Waals surface area contributed by atoms with Crippen LogP contribution >= 0.6 is 0 Å². The molecule has 1 aliphatic rings. The summed E-state index contributed by atoms with van der Waals surface area (Å²) in [6.45, 7) is 8.83. The Morgan fingerprint density at radius 3 is 2.57 bits per heavy atom. The molecule has 1 rings (SSSR count). The smallest absolute Gasteiger partial charge is 0.330 e. The summed E-state index contributed by atoms with van der Waals surface area (Å²) in [4.78, 5) is 22.3. The van der Waals surface area contributed by atoms with E-state index in [1.165, 1.54) is 13.0 Å². The molecule has 1 aliphatic heterocycles. The van der Waals surface area contributed by atoms with Gasteiger partial charge in [0, 0.05) is 19.4 Å². The van der Waals surface area contributed by atoms with E-state index in [1.807, 2.05) is 0 Å². The van der Waals surface area contributed by atoms with E-state index < -0.39 is 11.8 Å². The fraction of sp³-hybridized carbons (Fsp3) is 0.733. The summed E-state index contributed by atoms with van der Waals surface area (Å²) in [5.74, 6) is -1.50. The molecular formula is C15H24O6. The Kier molecular flexibility index (Phi) is 6.36. The second kappa shape index (κ2) is 7.56. The molecule has 3 atom stereocenters. The van der Waals surface area contributed by atoms with Gasteiger partial charge in [0.15, 0.2) is 5.79 Å². The third-order valence-electron chi connectivity index (χ3n) is 2.86. The zero-order chi connectivity index (χ0) is 16.0. The van der Waals surface area contributed by atoms with Crippen molar-refractivity contribution >= 4 is 11.9 Å². The van der Waals surface area contributed by atoms with Gasteiger partial charge in [0.25, 0.3) is 0 Å². The molecule has 1 saturated heterocycles. The molecule has 0 bridgehead atoms. The zero-order valence-electron chi connectivity index (χ0n) is 13.3. The standard InChI is InChI=1S/C15H24O6/c1-6-18-14(17)8-7-12-13(21-15(4,5)20-12)9-10(2)19-11(3)16/h7-8,10,12-13H,6,9H2,1-5H3/b8-7-/t10-,12+,13+/m1/s1. The van der Waals surface area contributed by atoms with Crippen LogP contribution in [0.1, 0.15) is 41.0 Å². The number of carbonyl (C=O) groups is 2. The number of carbonyl (C=O) groups excluding carboxylic acids is 2. The van der Waals surface area contributed by atoms with Gasteiger partial charge < -0.3 is 18.9 Å². The van der Waals surface area contributed by atoms with E-state index in [1.54, 1.807) is 33.8 Å². The van der Waals surface area contributed by atoms with E-state index in [-0.39, 0.29) is 24.3 Å². The van der Waals surface area contributed by atoms with Crippen LogP contribution in [-0.2, 0) is 28.5 Å². The first kappa shape index (κ1) is 17.7. The zero-order valence-corrected chi connectivity index (χ0v) is 13.3. The largest absolute Gasteiger partial charge is 0.463 e. The first-order valence-corrected chi connectivity index (χ1v) is 7.11. The van der Waals surface area contributed by atoms with Crippen molar-refractivity contribution in [3.63, 3.8) is 0 Å². The normalized spacial score (nSPS) is 25.8. The molecule has 0 amide bonds. The van der Waals surface area contributed by atoms with E-state index in [0.29, 0.717) is 13.0 Å². The molecule has 0 radical (unpaired) electrons. The molecule has 0 unspecified atom stereocenters. The Bertz CT molecular complexity index is 401. The number of rotatable bonds is 6. The Morgan fingerprint density at radius 1 is 1.33 bits per heavy atom. The van der Waals surface area contributed by atoms with Crippen molar-refractivity contribution in [1.29, 1.82) is 0 Å². The van der Waals surface area contributed by atoms with Gasteiger partial charge in [-0.2, -0.15) is 0 Å². The van der Waals surface area contributed by atoms with Gasteiger partial charge in [0.2, 0.25) is 0 Å². The highest BCUT2D eigenvalue weighted by molar-refractivity contribution is 5.81. The molecule has 21 heavy (non-hydrogen) atoms. The molecule has 0 aromatic carbocycles. The Hall–Kier alpha value is -1.40. The molecule has 120 valence electrons. The monoisotopic (exact) mass is 300 g/mol. The van der Waals surface area contributed by atoms with E-state index in [4.69, 9.17) is 18.9 Å². The Labute approximate surface area is 125 Å². The SMILES string of the molecule is CCOC(=O)/C=C\[C@@H]1OC(C)(C)O[C@H]1C[C@@H](C)OC(C)=O. The lowest BCUT2D eigenvalue weighted by Gasteiger charge is -2.19. The van der Waals surface area contributed by atoms with Crippen LogP contribution in [0.2, 0.25) is 0 Å². The maximum absolute atomic E-state index is 11.4. The van der Waals surface area contributed by atoms with Crippen LogP contribution < -0.4 is 0 Å². The summed E-state index contributed by atoms with van der Waals surface area (Å²) < 4.78 is 21.5. The van der Waals surface area contributed by atoms with Gasteiger partial charge in [-0.3, -0.25) is 4.79 Å². The summed E-state index contributed by atoms with van der Waals surface area (Å²) in [5, 5.41) is 0. The van der Waals surface area contributed by atoms with Crippen LogP contribution in [0.3, 0.4) is 0 Å². The first-order chi connectivity index (χ1) is 9.73. The van der Waals surface area contributed by atoms with Crippen molar-refractivity contribution in [2.45, 2.75) is 65.1 Å². The van der Waals surface area contributed by atoms with Gasteiger partial charge in [-0.1, -0.05) is 0 Å². The second-order valence-corrected chi connectivity index (χ2v) is 5.41. The lowest BCUT2D eigenvalue weighted by atomic mass is 10.1. The average molecular weight is 300 g/mol. The van der Waals surface area contributed by atoms with Crippen LogP contribution in [0.25, 0.3) is 0 Å². The van der Waals surface area contributed by atoms with Gasteiger partial charge in [0.1, 0.15) is 12.2 Å². The number of ether oxygens (including phenoxy) is 4. The van der Waals surface area contributed by atoms with Crippen molar-refractivity contribution in [2.24, 2.45) is 0 Å². The molecule has 0 aromatic heterocycles. The molecule has 0 N–H and O–H groups in total. The maximum atomic E-state index is 11.4. The summed E-state index contributed by atoms with van der Waals surface area (Å²) in [5.41, 5.74) is 0. The van der Waals surface area contributed by atoms with E-state index in [9.17, 15) is 9.59 Å². The third-order valence-corrected chi connectivity index (χ3v) is 2.86. The predicted octanol–water partition coefficient (Wildman–Crippen LogP) is 1.97. The van der Waals surface area contributed by atoms with Crippen molar-refractivity contribution in [3.05, 3.63) is 12.2 Å². The molecule has 6 heteroatoms. The third kappa shape index (κ3) is 6.27. The highest BCUT2D eigenvalue weighted by Gasteiger charge is 2.40. The van der Waals surface area contributed by atoms with Crippen LogP contribution in [0.4, 0.5) is 0 Å². The summed E-state index contributed by atoms with van der Waals surface area (Å²) in [7, 11) is 0. The van der Waals surface area contributed by atoms with Crippen molar-refractivity contribution in [3.8, 4) is 0 Å². The molecule has 6 nitrogen and oxygen atoms in total. The first-order valence-electron chi connectivity index (χ1n) is 7.11. The maximum Gasteiger partial charge on any atom is 0.330 e. The average Bonchev–Trinajstić information content (AvgIpc) is 2.60. The lowest BCUT2D eigenvalue weighted by molar-refractivity contribution is -0.153. The van der Waals surface area contributed by atoms with Gasteiger partial charge in [-0.15, -0.1) is 0 Å². The number of hydrogen-bond donors (Lipinski definition) is 0. The minimum atomic E-state index is -0.746. The quantitative estimate of drug-likeness (QED) is 0.551. The van der Waals surface area contributed by atoms with Crippen LogP contribution in [0.15, 0.2) is 12.2 Å². The molecular weight excluding hydrogens is 276 g/mol. The number of hydrogen-bond acceptors (Lipinski definition) is 6. The molecule has 0 aliphatic carbocycles. The lowest BCUT2D eigenvalue weighted by Crippen LogP contribution is -2.27. The minimum Gasteiger partial charge on any atom is -0.463 e. The van der Waals surface area contributed by atoms with Gasteiger partial charge in [-0.05, 0) is 33.8 Å². The van der Waals surface area contributed by atoms with Crippen LogP contribution in [-0.4, -0.2) is 42.6 Å². The molecule has 1 fully saturated rings. The summed E-state index contributed by atoms with van der Waals surface area (Å²) in [6, 6.07) is 0. The van der Waals surface area contributed by atoms with Gasteiger partial charge >= 0.3 is 11.9 Å². The van der Waals surface area contributed by atoms with Crippen molar-refractivity contribution in [2.75, 3.05) is 6.61 Å². The Balaban J connectivity index is 2.66. The second-order valence-electron chi connectivity index (χ2n) is 5.41. The fourth-order valence-corrected chi connectivity index (χ4v) is 2.23. The highest BCUT2D eigenvalue weighted by Crippen LogP contribution is 2.31. The van der Waals surface area contributed by atoms with Gasteiger partial charge in [-0.25, -0.2) is 4.79 Å². The molecule has 0 spiro atoms. The highest BCUT2D eigenvalue weighted by atomic mass is 16.8. The summed E-state index contributed by atoms with van der Waals surface area (Å²) >= 11 is 0.